The Morgan fingerprint density at radius 3 is 1.29 bits per heavy atom. The van der Waals surface area contributed by atoms with Gasteiger partial charge < -0.3 is 41.7 Å². The zero-order valence-corrected chi connectivity index (χ0v) is 39.8. The molecule has 0 bridgehead atoms. The third kappa shape index (κ3) is 15.5. The maximum absolute atomic E-state index is 13.8. The Balaban J connectivity index is 1.25. The third-order valence-corrected chi connectivity index (χ3v) is 12.2. The summed E-state index contributed by atoms with van der Waals surface area (Å²) in [7, 11) is 0. The Labute approximate surface area is 405 Å². The van der Waals surface area contributed by atoms with Gasteiger partial charge in [0.1, 0.15) is 35.5 Å². The smallest absolute Gasteiger partial charge is 0.299 e. The SMILES string of the molecule is O=C(CBr)N[C@@H](CCCCNc1ccc([N+](=O)[O-])cc1[N+](=O)[O-])C(=O)N1CCC[C@H]1C(=O)NCCNC(=O)[C@@H]1CCCN1C(=O)[C@H](CCCCNc1ccc([N+](=O)[O-])cc1[N+](=O)[O-])NC(=O)CBr. The predicted octanol–water partition coefficient (Wildman–Crippen LogP) is 3.16. The van der Waals surface area contributed by atoms with Crippen molar-refractivity contribution in [1.29, 1.82) is 0 Å². The molecular formula is C40H52Br2N12O14. The highest BCUT2D eigenvalue weighted by Crippen LogP contribution is 2.30. The van der Waals surface area contributed by atoms with Crippen LogP contribution in [0.4, 0.5) is 34.1 Å². The summed E-state index contributed by atoms with van der Waals surface area (Å²) < 4.78 is 0. The molecule has 2 aromatic carbocycles. The molecule has 370 valence electrons. The van der Waals surface area contributed by atoms with Gasteiger partial charge in [-0.15, -0.1) is 0 Å². The first-order valence-corrected chi connectivity index (χ1v) is 23.9. The highest BCUT2D eigenvalue weighted by Gasteiger charge is 2.39. The molecule has 0 saturated carbocycles. The molecule has 4 rings (SSSR count). The standard InChI is InChI=1S/C40H52Br2N12O14/c41-23-35(55)47-29(7-1-3-15-43-27-13-11-25(51(61)62)21-33(27)53(65)66)39(59)49-19-5-9-31(49)37(57)45-17-18-46-38(58)32-10-6-20-50(32)40(60)30(48-36(56)24-42)8-2-4-16-44-28-14-12-26(52(63)64)22-34(28)54(67)68/h11-14,21-22,29-32,43-44H,1-10,15-20,23-24H2,(H,45,57)(H,46,58)(H,47,55)(H,48,56)/t29-,30-,31-,32-/m0/s1. The number of nitro groups is 4. The van der Waals surface area contributed by atoms with Gasteiger partial charge in [0.2, 0.25) is 35.4 Å². The third-order valence-electron chi connectivity index (χ3n) is 11.2. The van der Waals surface area contributed by atoms with Crippen molar-refractivity contribution in [1.82, 2.24) is 31.1 Å². The number of rotatable bonds is 27. The van der Waals surface area contributed by atoms with Crippen LogP contribution >= 0.6 is 31.9 Å². The van der Waals surface area contributed by atoms with Gasteiger partial charge in [0.05, 0.1) is 42.5 Å². The molecule has 26 nitrogen and oxygen atoms in total. The van der Waals surface area contributed by atoms with Gasteiger partial charge in [-0.2, -0.15) is 0 Å². The van der Waals surface area contributed by atoms with Crippen molar-refractivity contribution in [3.63, 3.8) is 0 Å². The Bertz CT molecular complexity index is 2070. The quantitative estimate of drug-likeness (QED) is 0.0324. The number of nitro benzene ring substituents is 4. The molecule has 68 heavy (non-hydrogen) atoms. The fourth-order valence-corrected chi connectivity index (χ4v) is 8.18. The molecule has 28 heteroatoms. The Morgan fingerprint density at radius 2 is 0.956 bits per heavy atom. The number of unbranched alkanes of at least 4 members (excludes halogenated alkanes) is 2. The van der Waals surface area contributed by atoms with E-state index in [1.807, 2.05) is 0 Å². The van der Waals surface area contributed by atoms with Crippen LogP contribution in [0.5, 0.6) is 0 Å². The van der Waals surface area contributed by atoms with Crippen molar-refractivity contribution in [2.45, 2.75) is 88.4 Å². The minimum atomic E-state index is -0.983. The van der Waals surface area contributed by atoms with E-state index in [9.17, 15) is 69.2 Å². The summed E-state index contributed by atoms with van der Waals surface area (Å²) in [6, 6.07) is 2.82. The normalized spacial score (nSPS) is 16.2. The van der Waals surface area contributed by atoms with Gasteiger partial charge in [0.25, 0.3) is 22.7 Å². The van der Waals surface area contributed by atoms with Crippen LogP contribution in [0.15, 0.2) is 36.4 Å². The van der Waals surface area contributed by atoms with Crippen molar-refractivity contribution in [3.05, 3.63) is 76.9 Å². The largest absolute Gasteiger partial charge is 0.379 e. The van der Waals surface area contributed by atoms with E-state index >= 15 is 0 Å². The van der Waals surface area contributed by atoms with Crippen LogP contribution in [-0.2, 0) is 28.8 Å². The maximum Gasteiger partial charge on any atom is 0.299 e. The van der Waals surface area contributed by atoms with Crippen LogP contribution < -0.4 is 31.9 Å². The van der Waals surface area contributed by atoms with Crippen LogP contribution in [-0.4, -0.2) is 139 Å². The lowest BCUT2D eigenvalue weighted by Gasteiger charge is -2.29. The van der Waals surface area contributed by atoms with Gasteiger partial charge in [-0.05, 0) is 76.3 Å². The van der Waals surface area contributed by atoms with E-state index in [0.717, 1.165) is 24.3 Å². The highest BCUT2D eigenvalue weighted by atomic mass is 79.9. The van der Waals surface area contributed by atoms with Gasteiger partial charge in [0, 0.05) is 51.4 Å². The number of anilines is 2. The first kappa shape index (κ1) is 54.0. The van der Waals surface area contributed by atoms with Crippen molar-refractivity contribution in [2.24, 2.45) is 0 Å². The summed E-state index contributed by atoms with van der Waals surface area (Å²) in [5.41, 5.74) is -1.62. The van der Waals surface area contributed by atoms with E-state index < -0.39 is 102 Å². The molecule has 0 unspecified atom stereocenters. The van der Waals surface area contributed by atoms with Gasteiger partial charge in [-0.3, -0.25) is 69.2 Å². The fourth-order valence-electron chi connectivity index (χ4n) is 7.86. The second-order valence-electron chi connectivity index (χ2n) is 15.7. The molecule has 0 spiro atoms. The number of alkyl halides is 2. The van der Waals surface area contributed by atoms with E-state index in [4.69, 9.17) is 0 Å². The number of carbonyl (C=O) groups excluding carboxylic acids is 6. The number of carbonyl (C=O) groups is 6. The lowest BCUT2D eigenvalue weighted by molar-refractivity contribution is -0.393. The number of halogens is 2. The topological polar surface area (TPSA) is 354 Å². The lowest BCUT2D eigenvalue weighted by atomic mass is 10.1. The molecule has 4 atom stereocenters. The molecule has 2 saturated heterocycles. The monoisotopic (exact) mass is 1080 g/mol. The Kier molecular flexibility index (Phi) is 21.2. The van der Waals surface area contributed by atoms with Crippen LogP contribution in [0.3, 0.4) is 0 Å². The maximum atomic E-state index is 13.8. The van der Waals surface area contributed by atoms with Crippen LogP contribution in [0.2, 0.25) is 0 Å². The van der Waals surface area contributed by atoms with Crippen molar-refractivity contribution in [3.8, 4) is 0 Å². The summed E-state index contributed by atoms with van der Waals surface area (Å²) in [4.78, 5) is 124. The minimum Gasteiger partial charge on any atom is -0.379 e. The van der Waals surface area contributed by atoms with Crippen molar-refractivity contribution < 1.29 is 48.5 Å². The molecule has 6 amide bonds. The number of hydrogen-bond acceptors (Lipinski definition) is 16. The molecule has 2 aromatic rings. The van der Waals surface area contributed by atoms with Gasteiger partial charge in [0.15, 0.2) is 0 Å². The van der Waals surface area contributed by atoms with Gasteiger partial charge >= 0.3 is 0 Å². The average Bonchev–Trinajstić information content (AvgIpc) is 4.02. The van der Waals surface area contributed by atoms with E-state index in [1.54, 1.807) is 0 Å². The van der Waals surface area contributed by atoms with Gasteiger partial charge in [-0.25, -0.2) is 0 Å². The van der Waals surface area contributed by atoms with E-state index in [2.05, 4.69) is 63.8 Å². The van der Waals surface area contributed by atoms with Crippen molar-refractivity contribution in [2.75, 3.05) is 60.6 Å². The zero-order valence-electron chi connectivity index (χ0n) is 36.7. The van der Waals surface area contributed by atoms with Crippen LogP contribution in [0.1, 0.15) is 64.2 Å². The number of likely N-dealkylation sites (tertiary alicyclic amines) is 2. The number of non-ortho nitro benzene ring substituents is 2. The van der Waals surface area contributed by atoms with E-state index in [-0.39, 0.29) is 74.1 Å². The van der Waals surface area contributed by atoms with Gasteiger partial charge in [-0.1, -0.05) is 31.9 Å². The molecule has 0 aromatic heterocycles. The second kappa shape index (κ2) is 26.7. The molecule has 2 fully saturated rings. The summed E-state index contributed by atoms with van der Waals surface area (Å²) in [6.45, 7) is 0.937. The average molecular weight is 1080 g/mol. The second-order valence-corrected chi connectivity index (χ2v) is 16.9. The zero-order chi connectivity index (χ0) is 49.9. The molecule has 0 radical (unpaired) electrons. The molecule has 2 aliphatic rings. The fraction of sp³-hybridized carbons (Fsp3) is 0.550. The Hall–Kier alpha value is -6.58. The molecule has 2 aliphatic heterocycles. The molecule has 6 N–H and O–H groups in total. The predicted molar refractivity (Wildman–Crippen MR) is 251 cm³/mol. The molecular weight excluding hydrogens is 1030 g/mol. The number of nitrogens with zero attached hydrogens (tertiary/aromatic N) is 6. The summed E-state index contributed by atoms with van der Waals surface area (Å²) in [5, 5.41) is 61.6. The molecule has 0 aliphatic carbocycles. The van der Waals surface area contributed by atoms with E-state index in [0.29, 0.717) is 51.4 Å². The number of hydrogen-bond donors (Lipinski definition) is 6. The van der Waals surface area contributed by atoms with Crippen LogP contribution in [0.25, 0.3) is 0 Å². The first-order chi connectivity index (χ1) is 32.5. The van der Waals surface area contributed by atoms with Crippen LogP contribution in [0, 0.1) is 40.5 Å². The summed E-state index contributed by atoms with van der Waals surface area (Å²) in [6.07, 6.45) is 3.68. The first-order valence-electron chi connectivity index (χ1n) is 21.7. The lowest BCUT2D eigenvalue weighted by Crippen LogP contribution is -2.55. The van der Waals surface area contributed by atoms with E-state index in [1.165, 1.54) is 21.9 Å². The summed E-state index contributed by atoms with van der Waals surface area (Å²) in [5.74, 6) is -2.77. The molecule has 2 heterocycles. The number of nitrogens with one attached hydrogen (secondary N) is 6. The minimum absolute atomic E-state index is 0.00551. The number of amides is 6. The summed E-state index contributed by atoms with van der Waals surface area (Å²) >= 11 is 6.16. The number of benzene rings is 2. The van der Waals surface area contributed by atoms with Crippen molar-refractivity contribution >= 4 is 101 Å². The Morgan fingerprint density at radius 1 is 0.574 bits per heavy atom. The highest BCUT2D eigenvalue weighted by molar-refractivity contribution is 9.09.